The van der Waals surface area contributed by atoms with Crippen LogP contribution in [0.4, 0.5) is 4.79 Å². The Kier molecular flexibility index (Phi) is 5.41. The normalized spacial score (nSPS) is 23.6. The van der Waals surface area contributed by atoms with Gasteiger partial charge in [-0.25, -0.2) is 4.79 Å². The Bertz CT molecular complexity index is 474. The van der Waals surface area contributed by atoms with E-state index in [9.17, 15) is 4.79 Å². The predicted octanol–water partition coefficient (Wildman–Crippen LogP) is 3.82. The average Bonchev–Trinajstić information content (AvgIpc) is 2.52. The molecule has 2 aliphatic heterocycles. The summed E-state index contributed by atoms with van der Waals surface area (Å²) in [5, 5.41) is 0. The molecular weight excluding hydrogens is 305 g/mol. The van der Waals surface area contributed by atoms with Crippen LogP contribution in [-0.2, 0) is 14.0 Å². The van der Waals surface area contributed by atoms with Gasteiger partial charge in [-0.05, 0) is 67.2 Å². The summed E-state index contributed by atoms with van der Waals surface area (Å²) in [6.07, 6.45) is 3.95. The fourth-order valence-corrected chi connectivity index (χ4v) is 2.73. The van der Waals surface area contributed by atoms with Gasteiger partial charge in [-0.3, -0.25) is 0 Å². The van der Waals surface area contributed by atoms with Crippen LogP contribution in [0, 0.1) is 5.92 Å². The summed E-state index contributed by atoms with van der Waals surface area (Å²) in [5.41, 5.74) is -0.998. The highest BCUT2D eigenvalue weighted by Gasteiger charge is 2.49. The van der Waals surface area contributed by atoms with E-state index >= 15 is 0 Å². The molecule has 0 atom stereocenters. The molecule has 2 aliphatic rings. The zero-order valence-corrected chi connectivity index (χ0v) is 16.2. The molecule has 2 saturated heterocycles. The van der Waals surface area contributed by atoms with Gasteiger partial charge in [-0.1, -0.05) is 12.1 Å². The Morgan fingerprint density at radius 3 is 2.25 bits per heavy atom. The van der Waals surface area contributed by atoms with E-state index in [1.54, 1.807) is 4.90 Å². The third-order valence-corrected chi connectivity index (χ3v) is 4.92. The lowest BCUT2D eigenvalue weighted by atomic mass is 9.88. The summed E-state index contributed by atoms with van der Waals surface area (Å²) in [4.78, 5) is 13.6. The zero-order chi connectivity index (χ0) is 18.2. The minimum atomic E-state index is -0.423. The Balaban J connectivity index is 1.64. The molecule has 5 nitrogen and oxygen atoms in total. The molecule has 2 fully saturated rings. The minimum Gasteiger partial charge on any atom is -0.444 e. The van der Waals surface area contributed by atoms with Gasteiger partial charge in [0.1, 0.15) is 5.60 Å². The second-order valence-electron chi connectivity index (χ2n) is 8.88. The van der Waals surface area contributed by atoms with Crippen LogP contribution in [0.25, 0.3) is 0 Å². The van der Waals surface area contributed by atoms with Crippen LogP contribution in [-0.4, -0.2) is 48.0 Å². The lowest BCUT2D eigenvalue weighted by Gasteiger charge is -2.39. The number of rotatable bonds is 4. The van der Waals surface area contributed by atoms with Crippen molar-refractivity contribution in [1.29, 1.82) is 0 Å². The molecule has 0 radical (unpaired) electrons. The Morgan fingerprint density at radius 2 is 1.75 bits per heavy atom. The SMILES string of the molecule is CC(C)(C)OC(=O)N1CC(CC/C=C/B2OC(C)(C)C(C)(C)O2)C1. The van der Waals surface area contributed by atoms with Gasteiger partial charge >= 0.3 is 13.2 Å². The topological polar surface area (TPSA) is 48.0 Å². The van der Waals surface area contributed by atoms with Crippen LogP contribution in [0.1, 0.15) is 61.3 Å². The lowest BCUT2D eigenvalue weighted by Crippen LogP contribution is -2.51. The van der Waals surface area contributed by atoms with Crippen molar-refractivity contribution in [2.75, 3.05) is 13.1 Å². The van der Waals surface area contributed by atoms with Crippen LogP contribution in [0.3, 0.4) is 0 Å². The summed E-state index contributed by atoms with van der Waals surface area (Å²) in [7, 11) is -0.269. The van der Waals surface area contributed by atoms with Gasteiger partial charge in [0, 0.05) is 13.1 Å². The minimum absolute atomic E-state index is 0.202. The first kappa shape index (κ1) is 19.3. The second kappa shape index (κ2) is 6.72. The molecule has 1 amide bonds. The fraction of sp³-hybridized carbons (Fsp3) is 0.833. The molecule has 0 N–H and O–H groups in total. The molecule has 0 aromatic rings. The van der Waals surface area contributed by atoms with Gasteiger partial charge < -0.3 is 18.9 Å². The smallest absolute Gasteiger partial charge is 0.444 e. The van der Waals surface area contributed by atoms with Gasteiger partial charge in [-0.2, -0.15) is 0 Å². The third-order valence-electron chi connectivity index (χ3n) is 4.92. The first-order chi connectivity index (χ1) is 10.9. The van der Waals surface area contributed by atoms with Crippen LogP contribution in [0.15, 0.2) is 12.1 Å². The number of carbonyl (C=O) groups is 1. The lowest BCUT2D eigenvalue weighted by molar-refractivity contribution is -0.00194. The fourth-order valence-electron chi connectivity index (χ4n) is 2.73. The van der Waals surface area contributed by atoms with Crippen molar-refractivity contribution < 1.29 is 18.8 Å². The van der Waals surface area contributed by atoms with Gasteiger partial charge in [-0.15, -0.1) is 0 Å². The maximum Gasteiger partial charge on any atom is 0.486 e. The van der Waals surface area contributed by atoms with E-state index < -0.39 is 5.60 Å². The van der Waals surface area contributed by atoms with Crippen molar-refractivity contribution >= 4 is 13.2 Å². The van der Waals surface area contributed by atoms with Crippen molar-refractivity contribution in [2.45, 2.75) is 78.1 Å². The molecule has 0 aromatic heterocycles. The molecule has 6 heteroatoms. The van der Waals surface area contributed by atoms with Crippen molar-refractivity contribution in [2.24, 2.45) is 5.92 Å². The van der Waals surface area contributed by atoms with Crippen LogP contribution in [0.2, 0.25) is 0 Å². The van der Waals surface area contributed by atoms with Crippen molar-refractivity contribution in [3.63, 3.8) is 0 Å². The zero-order valence-electron chi connectivity index (χ0n) is 16.2. The van der Waals surface area contributed by atoms with Gasteiger partial charge in [0.25, 0.3) is 0 Å². The van der Waals surface area contributed by atoms with E-state index in [0.717, 1.165) is 25.9 Å². The molecule has 2 heterocycles. The maximum atomic E-state index is 11.9. The Labute approximate surface area is 146 Å². The number of nitrogens with zero attached hydrogens (tertiary/aromatic N) is 1. The maximum absolute atomic E-state index is 11.9. The Morgan fingerprint density at radius 1 is 1.21 bits per heavy atom. The largest absolute Gasteiger partial charge is 0.486 e. The molecule has 0 saturated carbocycles. The highest BCUT2D eigenvalue weighted by Crippen LogP contribution is 2.37. The average molecular weight is 337 g/mol. The van der Waals surface area contributed by atoms with E-state index in [0.29, 0.717) is 5.92 Å². The van der Waals surface area contributed by atoms with Crippen LogP contribution < -0.4 is 0 Å². The van der Waals surface area contributed by atoms with Gasteiger partial charge in [0.05, 0.1) is 11.2 Å². The summed E-state index contributed by atoms with van der Waals surface area (Å²) in [5.74, 6) is 2.56. The van der Waals surface area contributed by atoms with E-state index in [2.05, 4.69) is 33.8 Å². The summed E-state index contributed by atoms with van der Waals surface area (Å²) < 4.78 is 17.2. The molecule has 24 heavy (non-hydrogen) atoms. The van der Waals surface area contributed by atoms with E-state index in [-0.39, 0.29) is 24.4 Å². The molecule has 0 spiro atoms. The van der Waals surface area contributed by atoms with Crippen LogP contribution in [0.5, 0.6) is 0 Å². The van der Waals surface area contributed by atoms with Crippen molar-refractivity contribution in [3.8, 4) is 0 Å². The van der Waals surface area contributed by atoms with Gasteiger partial charge in [0.2, 0.25) is 0 Å². The molecule has 0 unspecified atom stereocenters. The van der Waals surface area contributed by atoms with Crippen molar-refractivity contribution in [3.05, 3.63) is 12.1 Å². The van der Waals surface area contributed by atoms with Gasteiger partial charge in [0.15, 0.2) is 0 Å². The third kappa shape index (κ3) is 4.76. The first-order valence-electron chi connectivity index (χ1n) is 8.90. The number of ether oxygens (including phenoxy) is 1. The predicted molar refractivity (Wildman–Crippen MR) is 95.8 cm³/mol. The monoisotopic (exact) mass is 337 g/mol. The summed E-state index contributed by atoms with van der Waals surface area (Å²) >= 11 is 0. The number of amides is 1. The number of hydrogen-bond donors (Lipinski definition) is 0. The standard InChI is InChI=1S/C18H32BNO4/c1-16(2,3)22-15(21)20-12-14(13-20)10-8-9-11-19-23-17(4,5)18(6,7)24-19/h9,11,14H,8,10,12-13H2,1-7H3/b11-9+. The van der Waals surface area contributed by atoms with E-state index in [1.807, 2.05) is 26.7 Å². The second-order valence-corrected chi connectivity index (χ2v) is 8.88. The summed E-state index contributed by atoms with van der Waals surface area (Å²) in [6.45, 7) is 15.5. The quantitative estimate of drug-likeness (QED) is 0.732. The Hall–Kier alpha value is -1.01. The molecule has 136 valence electrons. The highest BCUT2D eigenvalue weighted by molar-refractivity contribution is 6.51. The van der Waals surface area contributed by atoms with Crippen LogP contribution >= 0.6 is 0 Å². The number of allylic oxidation sites excluding steroid dienone is 1. The molecule has 2 rings (SSSR count). The first-order valence-corrected chi connectivity index (χ1v) is 8.90. The molecule has 0 aliphatic carbocycles. The number of likely N-dealkylation sites (tertiary alicyclic amines) is 1. The number of hydrogen-bond acceptors (Lipinski definition) is 4. The van der Waals surface area contributed by atoms with Crippen molar-refractivity contribution in [1.82, 2.24) is 4.90 Å². The van der Waals surface area contributed by atoms with E-state index in [1.165, 1.54) is 0 Å². The number of carbonyl (C=O) groups excluding carboxylic acids is 1. The van der Waals surface area contributed by atoms with E-state index in [4.69, 9.17) is 14.0 Å². The highest BCUT2D eigenvalue weighted by atomic mass is 16.7. The molecular formula is C18H32BNO4. The molecule has 0 bridgehead atoms. The summed E-state index contributed by atoms with van der Waals surface area (Å²) in [6, 6.07) is 0. The molecule has 0 aromatic carbocycles.